The molecule has 0 radical (unpaired) electrons. The van der Waals surface area contributed by atoms with E-state index < -0.39 is 28.1 Å². The first-order chi connectivity index (χ1) is 15.8. The van der Waals surface area contributed by atoms with Crippen LogP contribution in [0.4, 0.5) is 0 Å². The lowest BCUT2D eigenvalue weighted by Gasteiger charge is -2.69. The van der Waals surface area contributed by atoms with Gasteiger partial charge in [0.05, 0.1) is 30.5 Å². The Morgan fingerprint density at radius 3 is 2.42 bits per heavy atom. The van der Waals surface area contributed by atoms with Gasteiger partial charge in [0.25, 0.3) is 0 Å². The van der Waals surface area contributed by atoms with Crippen LogP contribution in [0.2, 0.25) is 0 Å². The molecule has 5 aliphatic carbocycles. The summed E-state index contributed by atoms with van der Waals surface area (Å²) in [5.74, 6) is -0.318. The molecule has 13 atom stereocenters. The van der Waals surface area contributed by atoms with Crippen LogP contribution in [0.1, 0.15) is 32.6 Å². The summed E-state index contributed by atoms with van der Waals surface area (Å²) >= 11 is 0. The number of ether oxygens (including phenoxy) is 4. The lowest BCUT2D eigenvalue weighted by Crippen LogP contribution is -2.82. The zero-order valence-corrected chi connectivity index (χ0v) is 20.4. The maximum atomic E-state index is 12.9. The van der Waals surface area contributed by atoms with E-state index in [1.165, 1.54) is 0 Å². The fourth-order valence-electron chi connectivity index (χ4n) is 10.9. The molecule has 33 heavy (non-hydrogen) atoms. The molecule has 1 heterocycles. The number of hydrogen-bond acceptors (Lipinski definition) is 8. The molecule has 7 bridgehead atoms. The second kappa shape index (κ2) is 6.99. The molecule has 6 rings (SSSR count). The minimum absolute atomic E-state index is 0.0342. The quantitative estimate of drug-likeness (QED) is 0.547. The minimum Gasteiger partial charge on any atom is -0.386 e. The number of rotatable bonds is 6. The van der Waals surface area contributed by atoms with Crippen molar-refractivity contribution in [3.63, 3.8) is 0 Å². The van der Waals surface area contributed by atoms with Gasteiger partial charge in [-0.1, -0.05) is 6.92 Å². The summed E-state index contributed by atoms with van der Waals surface area (Å²) in [7, 11) is 6.76. The Kier molecular flexibility index (Phi) is 4.84. The third kappa shape index (κ3) is 2.11. The average Bonchev–Trinajstić information content (AvgIpc) is 3.24. The normalized spacial score (nSPS) is 60.8. The topological polar surface area (TPSA) is 97.7 Å². The molecule has 6 fully saturated rings. The summed E-state index contributed by atoms with van der Waals surface area (Å²) in [5, 5.41) is 25.6. The molecule has 8 nitrogen and oxygen atoms in total. The Morgan fingerprint density at radius 2 is 1.85 bits per heavy atom. The van der Waals surface area contributed by atoms with Crippen LogP contribution < -0.4 is 0 Å². The number of aldehydes is 1. The summed E-state index contributed by atoms with van der Waals surface area (Å²) in [4.78, 5) is 15.2. The molecule has 6 aliphatic rings. The molecule has 0 aromatic carbocycles. The van der Waals surface area contributed by atoms with Crippen LogP contribution >= 0.6 is 0 Å². The van der Waals surface area contributed by atoms with E-state index in [4.69, 9.17) is 18.9 Å². The number of aliphatic hydroxyl groups is 2. The maximum Gasteiger partial charge on any atom is 0.136 e. The third-order valence-electron chi connectivity index (χ3n) is 11.4. The molecule has 1 spiro atoms. The highest BCUT2D eigenvalue weighted by Crippen LogP contribution is 2.80. The van der Waals surface area contributed by atoms with Crippen LogP contribution in [-0.4, -0.2) is 105 Å². The highest BCUT2D eigenvalue weighted by molar-refractivity contribution is 5.64. The van der Waals surface area contributed by atoms with Crippen LogP contribution in [0.15, 0.2) is 0 Å². The van der Waals surface area contributed by atoms with E-state index in [2.05, 4.69) is 11.8 Å². The minimum atomic E-state index is -1.57. The van der Waals surface area contributed by atoms with Crippen LogP contribution in [0.5, 0.6) is 0 Å². The molecular formula is C25H39NO7. The number of carbonyl (C=O) groups is 1. The standard InChI is InChI=1S/C25H39NO7/c1-6-26-11-22(12-27)8-7-16(31-3)24-14-9-13-15(30-2)10-23(28,17(14)18(13)32-4)25(29,21(24)26)20(33-5)19(22)24/h12-21,28-29H,6-11H2,1-5H3/t13-,14-,15+,16+,17?,18+,19-,20+,21+,22+,23-,24+,25+/m1/s1. The number of likely N-dealkylation sites (N-methyl/N-ethyl adjacent to an activating group) is 1. The fraction of sp³-hybridized carbons (Fsp3) is 0.960. The predicted molar refractivity (Wildman–Crippen MR) is 117 cm³/mol. The summed E-state index contributed by atoms with van der Waals surface area (Å²) in [6.45, 7) is 3.35. The van der Waals surface area contributed by atoms with Crippen LogP contribution in [0.3, 0.4) is 0 Å². The zero-order chi connectivity index (χ0) is 23.6. The van der Waals surface area contributed by atoms with Crippen molar-refractivity contribution in [1.82, 2.24) is 4.90 Å². The van der Waals surface area contributed by atoms with Crippen molar-refractivity contribution in [3.8, 4) is 0 Å². The fourth-order valence-corrected chi connectivity index (χ4v) is 10.9. The lowest BCUT2D eigenvalue weighted by atomic mass is 9.43. The average molecular weight is 466 g/mol. The monoisotopic (exact) mass is 465 g/mol. The van der Waals surface area contributed by atoms with Crippen molar-refractivity contribution >= 4 is 6.29 Å². The Balaban J connectivity index is 1.69. The molecule has 1 saturated heterocycles. The first-order valence-corrected chi connectivity index (χ1v) is 12.6. The Hall–Kier alpha value is -0.610. The van der Waals surface area contributed by atoms with Gasteiger partial charge in [-0.25, -0.2) is 0 Å². The molecule has 0 amide bonds. The Morgan fingerprint density at radius 1 is 1.09 bits per heavy atom. The van der Waals surface area contributed by atoms with Crippen molar-refractivity contribution in [2.75, 3.05) is 41.5 Å². The molecule has 186 valence electrons. The van der Waals surface area contributed by atoms with Crippen molar-refractivity contribution in [2.45, 2.75) is 74.3 Å². The largest absolute Gasteiger partial charge is 0.386 e. The Bertz CT molecular complexity index is 842. The van der Waals surface area contributed by atoms with Crippen LogP contribution in [-0.2, 0) is 23.7 Å². The van der Waals surface area contributed by atoms with Gasteiger partial charge >= 0.3 is 0 Å². The maximum absolute atomic E-state index is 12.9. The van der Waals surface area contributed by atoms with E-state index in [-0.39, 0.29) is 48.0 Å². The SMILES string of the molecule is CCN1C[C@]2(C=O)CC[C@H](OC)[C@@]34[C@@H]5C[C@@H]6[C@@H](OC)C[C@@](O)(C5[C@H]6OC)[C@](O)([C@@H](OC)[C@H]23)[C@@H]14. The number of fused-ring (bicyclic) bond motifs is 2. The molecule has 1 unspecified atom stereocenters. The van der Waals surface area contributed by atoms with Gasteiger partial charge in [-0.05, 0) is 31.7 Å². The van der Waals surface area contributed by atoms with Crippen molar-refractivity contribution in [2.24, 2.45) is 34.5 Å². The second-order valence-electron chi connectivity index (χ2n) is 11.7. The van der Waals surface area contributed by atoms with E-state index in [9.17, 15) is 15.0 Å². The van der Waals surface area contributed by atoms with E-state index in [1.54, 1.807) is 28.4 Å². The van der Waals surface area contributed by atoms with Gasteiger partial charge in [-0.2, -0.15) is 0 Å². The second-order valence-corrected chi connectivity index (χ2v) is 11.7. The number of carbonyl (C=O) groups excluding carboxylic acids is 1. The number of nitrogens with zero attached hydrogens (tertiary/aromatic N) is 1. The van der Waals surface area contributed by atoms with Crippen LogP contribution in [0, 0.1) is 34.5 Å². The van der Waals surface area contributed by atoms with Gasteiger partial charge in [0.15, 0.2) is 0 Å². The van der Waals surface area contributed by atoms with Gasteiger partial charge in [-0.3, -0.25) is 4.90 Å². The molecule has 0 aromatic heterocycles. The first kappa shape index (κ1) is 22.8. The summed E-state index contributed by atoms with van der Waals surface area (Å²) in [6, 6.07) is -0.360. The first-order valence-electron chi connectivity index (χ1n) is 12.6. The van der Waals surface area contributed by atoms with Crippen molar-refractivity contribution < 1.29 is 34.0 Å². The molecule has 5 saturated carbocycles. The highest BCUT2D eigenvalue weighted by atomic mass is 16.5. The number of piperidine rings is 1. The molecule has 2 N–H and O–H groups in total. The van der Waals surface area contributed by atoms with Crippen LogP contribution in [0.25, 0.3) is 0 Å². The van der Waals surface area contributed by atoms with Gasteiger partial charge in [0.1, 0.15) is 17.5 Å². The Labute approximate surface area is 195 Å². The highest BCUT2D eigenvalue weighted by Gasteiger charge is 2.91. The van der Waals surface area contributed by atoms with Crippen molar-refractivity contribution in [3.05, 3.63) is 0 Å². The molecular weight excluding hydrogens is 426 g/mol. The van der Waals surface area contributed by atoms with E-state index in [0.717, 1.165) is 19.1 Å². The number of methoxy groups -OCH3 is 4. The number of hydrogen-bond donors (Lipinski definition) is 2. The third-order valence-corrected chi connectivity index (χ3v) is 11.4. The predicted octanol–water partition coefficient (Wildman–Crippen LogP) is 0.478. The molecule has 8 heteroatoms. The van der Waals surface area contributed by atoms with Crippen molar-refractivity contribution in [1.29, 1.82) is 0 Å². The molecule has 1 aliphatic heterocycles. The lowest BCUT2D eigenvalue weighted by molar-refractivity contribution is -0.317. The van der Waals surface area contributed by atoms with Gasteiger partial charge in [0, 0.05) is 70.0 Å². The zero-order valence-electron chi connectivity index (χ0n) is 20.4. The van der Waals surface area contributed by atoms with E-state index in [1.807, 2.05) is 0 Å². The van der Waals surface area contributed by atoms with Gasteiger partial charge in [-0.15, -0.1) is 0 Å². The number of likely N-dealkylation sites (tertiary alicyclic amines) is 1. The van der Waals surface area contributed by atoms with Gasteiger partial charge < -0.3 is 34.0 Å². The summed E-state index contributed by atoms with van der Waals surface area (Å²) in [5.41, 5.74) is -4.17. The van der Waals surface area contributed by atoms with E-state index in [0.29, 0.717) is 25.9 Å². The van der Waals surface area contributed by atoms with E-state index >= 15 is 0 Å². The summed E-state index contributed by atoms with van der Waals surface area (Å²) < 4.78 is 24.4. The molecule has 0 aromatic rings. The smallest absolute Gasteiger partial charge is 0.136 e. The summed E-state index contributed by atoms with van der Waals surface area (Å²) in [6.07, 6.45) is 2.53. The van der Waals surface area contributed by atoms with Gasteiger partial charge in [0.2, 0.25) is 0 Å².